The molecule has 0 spiro atoms. The van der Waals surface area contributed by atoms with Crippen LogP contribution in [0.5, 0.6) is 0 Å². The summed E-state index contributed by atoms with van der Waals surface area (Å²) in [7, 11) is 0. The van der Waals surface area contributed by atoms with Gasteiger partial charge in [-0.05, 0) is 34.6 Å². The second-order valence-corrected chi connectivity index (χ2v) is 6.09. The zero-order valence-electron chi connectivity index (χ0n) is 12.7. The Bertz CT molecular complexity index is 519. The summed E-state index contributed by atoms with van der Waals surface area (Å²) in [6.07, 6.45) is -0.597. The van der Waals surface area contributed by atoms with E-state index in [1.54, 1.807) is 34.6 Å². The van der Waals surface area contributed by atoms with E-state index in [2.05, 4.69) is 15.2 Å². The van der Waals surface area contributed by atoms with Crippen molar-refractivity contribution < 1.29 is 23.6 Å². The van der Waals surface area contributed by atoms with E-state index < -0.39 is 23.2 Å². The van der Waals surface area contributed by atoms with Crippen LogP contribution in [0.25, 0.3) is 0 Å². The van der Waals surface area contributed by atoms with Crippen molar-refractivity contribution in [1.29, 1.82) is 0 Å². The van der Waals surface area contributed by atoms with Gasteiger partial charge in [-0.3, -0.25) is 0 Å². The Morgan fingerprint density at radius 1 is 1.33 bits per heavy atom. The third-order valence-electron chi connectivity index (χ3n) is 2.35. The number of carbonyl (C=O) groups excluding carboxylic acids is 2. The Labute approximate surface area is 127 Å². The van der Waals surface area contributed by atoms with Gasteiger partial charge in [-0.15, -0.1) is 0 Å². The SMILES string of the molecule is CC(C)(C)OC(=O)NC(C)(C)c1cc(C(=O)OCCl)on1. The summed E-state index contributed by atoms with van der Waals surface area (Å²) in [4.78, 5) is 23.2. The highest BCUT2D eigenvalue weighted by molar-refractivity contribution is 6.17. The van der Waals surface area contributed by atoms with E-state index in [0.29, 0.717) is 5.69 Å². The molecule has 1 aromatic heterocycles. The minimum atomic E-state index is -0.884. The van der Waals surface area contributed by atoms with E-state index in [1.165, 1.54) is 6.07 Å². The first kappa shape index (κ1) is 17.3. The standard InChI is InChI=1S/C13H19ClN2O5/c1-12(2,3)20-11(18)15-13(4,5)9-6-8(21-16-9)10(17)19-7-14/h6H,7H2,1-5H3,(H,15,18). The number of alkyl carbamates (subject to hydrolysis) is 1. The molecule has 1 amide bonds. The maximum absolute atomic E-state index is 11.8. The molecule has 1 rings (SSSR count). The van der Waals surface area contributed by atoms with Gasteiger partial charge in [0.2, 0.25) is 5.76 Å². The summed E-state index contributed by atoms with van der Waals surface area (Å²) in [5.74, 6) is -0.818. The van der Waals surface area contributed by atoms with Gasteiger partial charge in [0.1, 0.15) is 11.3 Å². The molecule has 0 unspecified atom stereocenters. The zero-order valence-corrected chi connectivity index (χ0v) is 13.4. The lowest BCUT2D eigenvalue weighted by atomic mass is 10.0. The average molecular weight is 319 g/mol. The summed E-state index contributed by atoms with van der Waals surface area (Å²) in [5.41, 5.74) is -1.14. The molecule has 0 aliphatic carbocycles. The summed E-state index contributed by atoms with van der Waals surface area (Å²) in [6.45, 7) is 8.68. The number of alkyl halides is 1. The lowest BCUT2D eigenvalue weighted by Gasteiger charge is -2.26. The first-order valence-corrected chi connectivity index (χ1v) is 6.80. The largest absolute Gasteiger partial charge is 0.444 e. The molecule has 8 heteroatoms. The molecule has 1 aromatic rings. The van der Waals surface area contributed by atoms with Gasteiger partial charge in [0, 0.05) is 6.07 Å². The minimum Gasteiger partial charge on any atom is -0.444 e. The fourth-order valence-electron chi connectivity index (χ4n) is 1.41. The molecular weight excluding hydrogens is 300 g/mol. The number of hydrogen-bond donors (Lipinski definition) is 1. The second kappa shape index (κ2) is 6.34. The van der Waals surface area contributed by atoms with E-state index in [0.717, 1.165) is 0 Å². The Hall–Kier alpha value is -1.76. The van der Waals surface area contributed by atoms with E-state index >= 15 is 0 Å². The number of halogens is 1. The molecule has 0 saturated heterocycles. The van der Waals surface area contributed by atoms with Crippen LogP contribution in [0, 0.1) is 0 Å². The molecule has 118 valence electrons. The zero-order chi connectivity index (χ0) is 16.3. The second-order valence-electron chi connectivity index (χ2n) is 5.87. The molecule has 0 aliphatic heterocycles. The van der Waals surface area contributed by atoms with Gasteiger partial charge in [-0.25, -0.2) is 9.59 Å². The number of hydrogen-bond acceptors (Lipinski definition) is 6. The van der Waals surface area contributed by atoms with Crippen molar-refractivity contribution in [2.24, 2.45) is 0 Å². The number of amides is 1. The van der Waals surface area contributed by atoms with Gasteiger partial charge in [0.15, 0.2) is 6.07 Å². The molecule has 0 saturated carbocycles. The van der Waals surface area contributed by atoms with E-state index in [9.17, 15) is 9.59 Å². The molecule has 0 aliphatic rings. The van der Waals surface area contributed by atoms with Gasteiger partial charge >= 0.3 is 12.1 Å². The molecule has 1 N–H and O–H groups in total. The monoisotopic (exact) mass is 318 g/mol. The van der Waals surface area contributed by atoms with Crippen molar-refractivity contribution >= 4 is 23.7 Å². The summed E-state index contributed by atoms with van der Waals surface area (Å²) in [6, 6.07) is 1.10. The number of carbonyl (C=O) groups is 2. The Kier molecular flexibility index (Phi) is 5.22. The van der Waals surface area contributed by atoms with Gasteiger partial charge in [-0.1, -0.05) is 16.8 Å². The predicted molar refractivity (Wildman–Crippen MR) is 75.0 cm³/mol. The maximum atomic E-state index is 11.8. The molecule has 0 fully saturated rings. The third kappa shape index (κ3) is 5.26. The van der Waals surface area contributed by atoms with Gasteiger partial charge in [-0.2, -0.15) is 0 Å². The number of nitrogens with one attached hydrogen (secondary N) is 1. The van der Waals surface area contributed by atoms with Crippen molar-refractivity contribution in [1.82, 2.24) is 10.5 Å². The topological polar surface area (TPSA) is 90.7 Å². The van der Waals surface area contributed by atoms with Crippen molar-refractivity contribution in [3.63, 3.8) is 0 Å². The molecule has 0 bridgehead atoms. The normalized spacial score (nSPS) is 11.9. The highest BCUT2D eigenvalue weighted by Gasteiger charge is 2.30. The fraction of sp³-hybridized carbons (Fsp3) is 0.615. The molecule has 0 radical (unpaired) electrons. The van der Waals surface area contributed by atoms with Crippen LogP contribution in [0.2, 0.25) is 0 Å². The maximum Gasteiger partial charge on any atom is 0.408 e. The number of nitrogens with zero attached hydrogens (tertiary/aromatic N) is 1. The Balaban J connectivity index is 2.79. The number of rotatable bonds is 4. The highest BCUT2D eigenvalue weighted by Crippen LogP contribution is 2.21. The van der Waals surface area contributed by atoms with Crippen LogP contribution in [-0.4, -0.2) is 28.9 Å². The summed E-state index contributed by atoms with van der Waals surface area (Å²) >= 11 is 5.29. The Morgan fingerprint density at radius 2 is 1.95 bits per heavy atom. The molecule has 1 heterocycles. The van der Waals surface area contributed by atoms with E-state index in [1.807, 2.05) is 0 Å². The number of ether oxygens (including phenoxy) is 2. The van der Waals surface area contributed by atoms with Gasteiger partial charge in [0.25, 0.3) is 0 Å². The molecule has 21 heavy (non-hydrogen) atoms. The summed E-state index contributed by atoms with van der Waals surface area (Å²) in [5, 5.41) is 6.40. The highest BCUT2D eigenvalue weighted by atomic mass is 35.5. The van der Waals surface area contributed by atoms with Crippen LogP contribution < -0.4 is 5.32 Å². The Morgan fingerprint density at radius 3 is 2.48 bits per heavy atom. The van der Waals surface area contributed by atoms with Crippen LogP contribution >= 0.6 is 11.6 Å². The first-order chi connectivity index (χ1) is 9.55. The van der Waals surface area contributed by atoms with Crippen molar-refractivity contribution in [3.8, 4) is 0 Å². The predicted octanol–water partition coefficient (Wildman–Crippen LogP) is 2.79. The third-order valence-corrected chi connectivity index (χ3v) is 2.46. The lowest BCUT2D eigenvalue weighted by molar-refractivity contribution is 0.0463. The molecular formula is C13H19ClN2O5. The van der Waals surface area contributed by atoms with Crippen molar-refractivity contribution in [2.45, 2.75) is 45.8 Å². The average Bonchev–Trinajstić information content (AvgIpc) is 2.75. The smallest absolute Gasteiger partial charge is 0.408 e. The van der Waals surface area contributed by atoms with Crippen LogP contribution in [0.1, 0.15) is 50.9 Å². The van der Waals surface area contributed by atoms with Crippen LogP contribution in [0.4, 0.5) is 4.79 Å². The van der Waals surface area contributed by atoms with Gasteiger partial charge in [0.05, 0.1) is 5.54 Å². The molecule has 0 aromatic carbocycles. The quantitative estimate of drug-likeness (QED) is 0.678. The van der Waals surface area contributed by atoms with Crippen molar-refractivity contribution in [2.75, 3.05) is 6.07 Å². The molecule has 7 nitrogen and oxygen atoms in total. The first-order valence-electron chi connectivity index (χ1n) is 6.26. The van der Waals surface area contributed by atoms with Crippen LogP contribution in [0.15, 0.2) is 10.6 Å². The fourth-order valence-corrected chi connectivity index (χ4v) is 1.51. The summed E-state index contributed by atoms with van der Waals surface area (Å²) < 4.78 is 14.6. The lowest BCUT2D eigenvalue weighted by Crippen LogP contribution is -2.44. The van der Waals surface area contributed by atoms with Crippen LogP contribution in [-0.2, 0) is 15.0 Å². The number of esters is 1. The van der Waals surface area contributed by atoms with Crippen LogP contribution in [0.3, 0.4) is 0 Å². The minimum absolute atomic E-state index is 0.0929. The van der Waals surface area contributed by atoms with Gasteiger partial charge < -0.3 is 19.3 Å². The number of aromatic nitrogens is 1. The van der Waals surface area contributed by atoms with Crippen molar-refractivity contribution in [3.05, 3.63) is 17.5 Å². The van der Waals surface area contributed by atoms with E-state index in [4.69, 9.17) is 20.9 Å². The van der Waals surface area contributed by atoms with E-state index in [-0.39, 0.29) is 11.8 Å². The molecule has 0 atom stereocenters.